The summed E-state index contributed by atoms with van der Waals surface area (Å²) in [5.41, 5.74) is 0.115. The SMILES string of the molecule is C=CCn1c(=O)c2cnc(SC)nc2n1-c1ccc(=O)n(CC2CC2)n1. The van der Waals surface area contributed by atoms with Crippen molar-refractivity contribution in [2.24, 2.45) is 5.92 Å². The molecule has 0 aliphatic heterocycles. The lowest BCUT2D eigenvalue weighted by Crippen LogP contribution is -2.27. The van der Waals surface area contributed by atoms with Crippen molar-refractivity contribution in [3.05, 3.63) is 51.7 Å². The van der Waals surface area contributed by atoms with Crippen molar-refractivity contribution < 1.29 is 0 Å². The Bertz CT molecular complexity index is 1110. The Balaban J connectivity index is 1.97. The summed E-state index contributed by atoms with van der Waals surface area (Å²) in [4.78, 5) is 33.6. The van der Waals surface area contributed by atoms with Gasteiger partial charge in [-0.05, 0) is 31.1 Å². The number of aromatic nitrogens is 6. The quantitative estimate of drug-likeness (QED) is 0.371. The summed E-state index contributed by atoms with van der Waals surface area (Å²) in [6.07, 6.45) is 7.29. The highest BCUT2D eigenvalue weighted by molar-refractivity contribution is 7.98. The van der Waals surface area contributed by atoms with Crippen molar-refractivity contribution in [3.63, 3.8) is 0 Å². The van der Waals surface area contributed by atoms with Gasteiger partial charge < -0.3 is 0 Å². The van der Waals surface area contributed by atoms with Crippen molar-refractivity contribution >= 4 is 22.8 Å². The maximum atomic E-state index is 12.8. The lowest BCUT2D eigenvalue weighted by molar-refractivity contribution is 0.511. The number of thioether (sulfide) groups is 1. The van der Waals surface area contributed by atoms with Crippen molar-refractivity contribution in [1.29, 1.82) is 0 Å². The second-order valence-corrected chi connectivity index (χ2v) is 7.01. The van der Waals surface area contributed by atoms with Gasteiger partial charge in [-0.15, -0.1) is 11.7 Å². The Morgan fingerprint density at radius 3 is 2.85 bits per heavy atom. The molecule has 0 atom stereocenters. The molecule has 134 valence electrons. The van der Waals surface area contributed by atoms with Crippen LogP contribution in [-0.2, 0) is 13.1 Å². The highest BCUT2D eigenvalue weighted by Crippen LogP contribution is 2.29. The molecule has 3 aromatic heterocycles. The first kappa shape index (κ1) is 16.8. The number of fused-ring (bicyclic) bond motifs is 1. The molecule has 0 unspecified atom stereocenters. The van der Waals surface area contributed by atoms with E-state index in [0.29, 0.717) is 41.0 Å². The van der Waals surface area contributed by atoms with Crippen LogP contribution < -0.4 is 11.1 Å². The van der Waals surface area contributed by atoms with Crippen LogP contribution >= 0.6 is 11.8 Å². The highest BCUT2D eigenvalue weighted by atomic mass is 32.2. The van der Waals surface area contributed by atoms with Gasteiger partial charge in [-0.3, -0.25) is 9.59 Å². The first-order valence-corrected chi connectivity index (χ1v) is 9.57. The van der Waals surface area contributed by atoms with E-state index in [1.807, 2.05) is 6.26 Å². The third-order valence-corrected chi connectivity index (χ3v) is 4.90. The molecule has 3 aromatic rings. The van der Waals surface area contributed by atoms with Gasteiger partial charge in [0.25, 0.3) is 11.1 Å². The van der Waals surface area contributed by atoms with E-state index in [0.717, 1.165) is 12.8 Å². The molecule has 9 heteroatoms. The van der Waals surface area contributed by atoms with Crippen LogP contribution in [0.3, 0.4) is 0 Å². The average Bonchev–Trinajstić information content (AvgIpc) is 3.42. The van der Waals surface area contributed by atoms with Crippen LogP contribution in [0.25, 0.3) is 16.9 Å². The number of nitrogens with zero attached hydrogens (tertiary/aromatic N) is 6. The lowest BCUT2D eigenvalue weighted by atomic mass is 10.4. The number of hydrogen-bond donors (Lipinski definition) is 0. The molecular weight excluding hydrogens is 352 g/mol. The van der Waals surface area contributed by atoms with Gasteiger partial charge in [-0.1, -0.05) is 17.8 Å². The molecule has 4 rings (SSSR count). The average molecular weight is 370 g/mol. The van der Waals surface area contributed by atoms with Crippen LogP contribution in [0, 0.1) is 5.92 Å². The summed E-state index contributed by atoms with van der Waals surface area (Å²) in [5, 5.41) is 5.46. The maximum Gasteiger partial charge on any atom is 0.278 e. The van der Waals surface area contributed by atoms with Gasteiger partial charge in [0.15, 0.2) is 16.6 Å². The predicted molar refractivity (Wildman–Crippen MR) is 99.9 cm³/mol. The Hall–Kier alpha value is -2.68. The fourth-order valence-electron chi connectivity index (χ4n) is 2.86. The van der Waals surface area contributed by atoms with Gasteiger partial charge in [-0.2, -0.15) is 0 Å². The van der Waals surface area contributed by atoms with E-state index in [1.54, 1.807) is 16.8 Å². The monoisotopic (exact) mass is 370 g/mol. The molecule has 0 saturated heterocycles. The van der Waals surface area contributed by atoms with E-state index in [1.165, 1.54) is 33.4 Å². The Labute approximate surface area is 153 Å². The predicted octanol–water partition coefficient (Wildman–Crippen LogP) is 1.46. The topological polar surface area (TPSA) is 87.6 Å². The second kappa shape index (κ2) is 6.56. The van der Waals surface area contributed by atoms with Gasteiger partial charge >= 0.3 is 0 Å². The molecular formula is C17H18N6O2S. The Morgan fingerprint density at radius 2 is 2.15 bits per heavy atom. The molecule has 1 fully saturated rings. The molecule has 1 saturated carbocycles. The minimum absolute atomic E-state index is 0.144. The molecule has 0 radical (unpaired) electrons. The summed E-state index contributed by atoms with van der Waals surface area (Å²) in [6.45, 7) is 4.62. The zero-order valence-corrected chi connectivity index (χ0v) is 15.1. The molecule has 1 aliphatic carbocycles. The molecule has 8 nitrogen and oxygen atoms in total. The smallest absolute Gasteiger partial charge is 0.268 e. The molecule has 0 aromatic carbocycles. The summed E-state index contributed by atoms with van der Waals surface area (Å²) < 4.78 is 4.62. The molecule has 0 N–H and O–H groups in total. The standard InChI is InChI=1S/C17H18N6O2S/c1-3-8-22-16(25)12-9-18-17(26-2)19-15(12)23(22)13-6-7-14(24)21(20-13)10-11-4-5-11/h3,6-7,9,11H,1,4-5,8,10H2,2H3. The molecule has 26 heavy (non-hydrogen) atoms. The highest BCUT2D eigenvalue weighted by Gasteiger charge is 2.23. The lowest BCUT2D eigenvalue weighted by Gasteiger charge is -2.11. The van der Waals surface area contributed by atoms with E-state index >= 15 is 0 Å². The summed E-state index contributed by atoms with van der Waals surface area (Å²) in [5.74, 6) is 0.989. The minimum atomic E-state index is -0.214. The van der Waals surface area contributed by atoms with Gasteiger partial charge in [0.05, 0.1) is 6.54 Å². The minimum Gasteiger partial charge on any atom is -0.268 e. The number of allylic oxidation sites excluding steroid dienone is 1. The number of hydrogen-bond acceptors (Lipinski definition) is 6. The Kier molecular flexibility index (Phi) is 4.23. The summed E-state index contributed by atoms with van der Waals surface area (Å²) >= 11 is 1.40. The fourth-order valence-corrected chi connectivity index (χ4v) is 3.19. The molecule has 1 aliphatic rings. The van der Waals surface area contributed by atoms with Crippen LogP contribution in [0.5, 0.6) is 0 Å². The van der Waals surface area contributed by atoms with Crippen molar-refractivity contribution in [2.45, 2.75) is 31.1 Å². The van der Waals surface area contributed by atoms with Crippen LogP contribution in [0.2, 0.25) is 0 Å². The summed E-state index contributed by atoms with van der Waals surface area (Å²) in [7, 11) is 0. The first-order valence-electron chi connectivity index (χ1n) is 8.34. The normalized spacial score (nSPS) is 14.0. The van der Waals surface area contributed by atoms with Crippen LogP contribution in [0.1, 0.15) is 12.8 Å². The second-order valence-electron chi connectivity index (χ2n) is 6.24. The largest absolute Gasteiger partial charge is 0.278 e. The van der Waals surface area contributed by atoms with Gasteiger partial charge in [0.2, 0.25) is 0 Å². The van der Waals surface area contributed by atoms with E-state index < -0.39 is 0 Å². The molecule has 0 spiro atoms. The zero-order valence-electron chi connectivity index (χ0n) is 14.3. The zero-order chi connectivity index (χ0) is 18.3. The van der Waals surface area contributed by atoms with E-state index in [4.69, 9.17) is 0 Å². The first-order chi connectivity index (χ1) is 12.6. The molecule has 0 bridgehead atoms. The van der Waals surface area contributed by atoms with E-state index in [9.17, 15) is 9.59 Å². The van der Waals surface area contributed by atoms with Crippen molar-refractivity contribution in [1.82, 2.24) is 29.1 Å². The fraction of sp³-hybridized carbons (Fsp3) is 0.353. The molecule has 3 heterocycles. The third kappa shape index (κ3) is 2.88. The number of rotatable bonds is 6. The maximum absolute atomic E-state index is 12.8. The van der Waals surface area contributed by atoms with Gasteiger partial charge in [0.1, 0.15) is 5.39 Å². The van der Waals surface area contributed by atoms with Crippen LogP contribution in [0.4, 0.5) is 0 Å². The third-order valence-electron chi connectivity index (χ3n) is 4.34. The summed E-state index contributed by atoms with van der Waals surface area (Å²) in [6, 6.07) is 3.10. The van der Waals surface area contributed by atoms with Gasteiger partial charge in [-0.25, -0.2) is 24.0 Å². The van der Waals surface area contributed by atoms with Crippen molar-refractivity contribution in [3.8, 4) is 5.82 Å². The van der Waals surface area contributed by atoms with E-state index in [2.05, 4.69) is 21.6 Å². The van der Waals surface area contributed by atoms with Crippen LogP contribution in [-0.4, -0.2) is 35.4 Å². The Morgan fingerprint density at radius 1 is 1.35 bits per heavy atom. The molecule has 0 amide bonds. The van der Waals surface area contributed by atoms with Crippen molar-refractivity contribution in [2.75, 3.05) is 6.26 Å². The van der Waals surface area contributed by atoms with Gasteiger partial charge in [0, 0.05) is 18.8 Å². The van der Waals surface area contributed by atoms with E-state index in [-0.39, 0.29) is 11.1 Å². The van der Waals surface area contributed by atoms with Crippen LogP contribution in [0.15, 0.2) is 45.7 Å².